The summed E-state index contributed by atoms with van der Waals surface area (Å²) in [5, 5.41) is 5.42. The summed E-state index contributed by atoms with van der Waals surface area (Å²) < 4.78 is 16.3. The normalized spacial score (nSPS) is 24.7. The number of carbonyl (C=O) groups is 2. The van der Waals surface area contributed by atoms with Crippen LogP contribution in [0.1, 0.15) is 64.2 Å². The van der Waals surface area contributed by atoms with Crippen LogP contribution in [-0.2, 0) is 14.2 Å². The number of hydrogen-bond acceptors (Lipinski definition) is 5. The minimum absolute atomic E-state index is 0.00931. The first kappa shape index (κ1) is 23.3. The largest absolute Gasteiger partial charge is 0.446 e. The van der Waals surface area contributed by atoms with Gasteiger partial charge < -0.3 is 24.8 Å². The van der Waals surface area contributed by atoms with Gasteiger partial charge in [0.1, 0.15) is 12.2 Å². The average Bonchev–Trinajstić information content (AvgIpc) is 2.65. The Morgan fingerprint density at radius 3 is 1.62 bits per heavy atom. The molecule has 2 aliphatic rings. The number of rotatable bonds is 8. The molecule has 29 heavy (non-hydrogen) atoms. The van der Waals surface area contributed by atoms with E-state index < -0.39 is 0 Å². The van der Waals surface area contributed by atoms with Crippen molar-refractivity contribution in [3.05, 3.63) is 24.3 Å². The van der Waals surface area contributed by atoms with E-state index in [1.165, 1.54) is 0 Å². The van der Waals surface area contributed by atoms with E-state index in [2.05, 4.69) is 34.9 Å². The van der Waals surface area contributed by atoms with Crippen molar-refractivity contribution in [2.24, 2.45) is 0 Å². The summed E-state index contributed by atoms with van der Waals surface area (Å²) in [7, 11) is 0. The van der Waals surface area contributed by atoms with Gasteiger partial charge in [-0.3, -0.25) is 0 Å². The van der Waals surface area contributed by atoms with Crippen molar-refractivity contribution >= 4 is 12.2 Å². The van der Waals surface area contributed by atoms with Crippen LogP contribution in [0.25, 0.3) is 0 Å². The third-order valence-electron chi connectivity index (χ3n) is 5.02. The van der Waals surface area contributed by atoms with Crippen molar-refractivity contribution in [2.75, 3.05) is 26.3 Å². The van der Waals surface area contributed by atoms with Crippen LogP contribution in [0.15, 0.2) is 24.3 Å². The number of ether oxygens (including phenoxy) is 3. The number of alkyl carbamates (subject to hydrolysis) is 2. The van der Waals surface area contributed by atoms with Gasteiger partial charge in [-0.2, -0.15) is 0 Å². The van der Waals surface area contributed by atoms with Crippen LogP contribution in [0.2, 0.25) is 0 Å². The van der Waals surface area contributed by atoms with Gasteiger partial charge in [0, 0.05) is 13.1 Å². The summed E-state index contributed by atoms with van der Waals surface area (Å²) in [4.78, 5) is 23.7. The highest BCUT2D eigenvalue weighted by molar-refractivity contribution is 5.67. The third-order valence-corrected chi connectivity index (χ3v) is 5.02. The Bertz CT molecular complexity index is 489. The molecule has 0 fully saturated rings. The molecule has 0 radical (unpaired) electrons. The number of hydrogen-bond donors (Lipinski definition) is 2. The highest BCUT2D eigenvalue weighted by Crippen LogP contribution is 2.16. The highest BCUT2D eigenvalue weighted by atomic mass is 16.6. The fourth-order valence-corrected chi connectivity index (χ4v) is 3.43. The average molecular weight is 409 g/mol. The Morgan fingerprint density at radius 1 is 0.690 bits per heavy atom. The van der Waals surface area contributed by atoms with Gasteiger partial charge in [0.15, 0.2) is 0 Å². The van der Waals surface area contributed by atoms with Crippen LogP contribution in [0.5, 0.6) is 0 Å². The molecule has 0 heterocycles. The Kier molecular flexibility index (Phi) is 12.0. The molecule has 0 aromatic heterocycles. The maximum Gasteiger partial charge on any atom is 0.407 e. The zero-order valence-electron chi connectivity index (χ0n) is 17.4. The summed E-state index contributed by atoms with van der Waals surface area (Å²) in [5.41, 5.74) is 0. The second kappa shape index (κ2) is 14.9. The summed E-state index contributed by atoms with van der Waals surface area (Å²) in [5.74, 6) is 0. The molecule has 0 bridgehead atoms. The summed E-state index contributed by atoms with van der Waals surface area (Å²) in [6, 6.07) is 0. The zero-order chi connectivity index (χ0) is 20.6. The van der Waals surface area contributed by atoms with Gasteiger partial charge in [0.25, 0.3) is 0 Å². The Balaban J connectivity index is 1.44. The van der Waals surface area contributed by atoms with Crippen LogP contribution >= 0.6 is 0 Å². The van der Waals surface area contributed by atoms with Gasteiger partial charge >= 0.3 is 12.2 Å². The monoisotopic (exact) mass is 408 g/mol. The van der Waals surface area contributed by atoms with Gasteiger partial charge in [-0.15, -0.1) is 0 Å². The van der Waals surface area contributed by atoms with Crippen molar-refractivity contribution in [2.45, 2.75) is 76.4 Å². The Hall–Kier alpha value is -2.02. The van der Waals surface area contributed by atoms with E-state index in [0.717, 1.165) is 64.2 Å². The van der Waals surface area contributed by atoms with E-state index in [4.69, 9.17) is 14.2 Å². The van der Waals surface area contributed by atoms with Gasteiger partial charge in [0.2, 0.25) is 0 Å². The minimum Gasteiger partial charge on any atom is -0.446 e. The maximum atomic E-state index is 11.8. The topological polar surface area (TPSA) is 85.9 Å². The van der Waals surface area contributed by atoms with Gasteiger partial charge in [-0.05, 0) is 64.2 Å². The smallest absolute Gasteiger partial charge is 0.407 e. The molecular formula is C22H36N2O5. The molecular weight excluding hydrogens is 372 g/mol. The van der Waals surface area contributed by atoms with Crippen molar-refractivity contribution in [3.63, 3.8) is 0 Å². The van der Waals surface area contributed by atoms with Crippen molar-refractivity contribution in [3.8, 4) is 0 Å². The molecule has 2 atom stereocenters. The predicted octanol–water partition coefficient (Wildman–Crippen LogP) is 4.23. The lowest BCUT2D eigenvalue weighted by atomic mass is 10.0. The molecule has 0 saturated heterocycles. The SMILES string of the molecule is O=C(NCCOCCNC(=O)OC1CC/C=C/CCC1)OC1CC/C=C/CCC1. The fraction of sp³-hybridized carbons (Fsp3) is 0.727. The Labute approximate surface area is 174 Å². The molecule has 0 spiro atoms. The highest BCUT2D eigenvalue weighted by Gasteiger charge is 2.15. The molecule has 2 aliphatic carbocycles. The Morgan fingerprint density at radius 2 is 1.14 bits per heavy atom. The number of nitrogens with one attached hydrogen (secondary N) is 2. The van der Waals surface area contributed by atoms with Gasteiger partial charge in [0.05, 0.1) is 13.2 Å². The lowest BCUT2D eigenvalue weighted by Crippen LogP contribution is -2.33. The maximum absolute atomic E-state index is 11.8. The van der Waals surface area contributed by atoms with E-state index in [9.17, 15) is 9.59 Å². The van der Waals surface area contributed by atoms with Crippen molar-refractivity contribution in [1.82, 2.24) is 10.6 Å². The fourth-order valence-electron chi connectivity index (χ4n) is 3.43. The van der Waals surface area contributed by atoms with E-state index in [1.807, 2.05) is 0 Å². The van der Waals surface area contributed by atoms with E-state index in [-0.39, 0.29) is 24.4 Å². The minimum atomic E-state index is -0.390. The standard InChI is InChI=1S/C22H36N2O5/c25-21(28-19-11-7-3-1-4-8-12-19)23-15-17-27-18-16-24-22(26)29-20-13-9-5-2-6-10-14-20/h1-3,5,19-20H,4,6-18H2,(H,23,25)(H,24,26)/b3-1+,5-2+. The molecule has 2 unspecified atom stereocenters. The lowest BCUT2D eigenvalue weighted by Gasteiger charge is -2.19. The number of amides is 2. The van der Waals surface area contributed by atoms with E-state index in [1.54, 1.807) is 0 Å². The quantitative estimate of drug-likeness (QED) is 0.464. The molecule has 0 aliphatic heterocycles. The number of allylic oxidation sites excluding steroid dienone is 4. The zero-order valence-corrected chi connectivity index (χ0v) is 17.4. The van der Waals surface area contributed by atoms with Crippen LogP contribution in [-0.4, -0.2) is 50.7 Å². The predicted molar refractivity (Wildman–Crippen MR) is 112 cm³/mol. The van der Waals surface area contributed by atoms with E-state index in [0.29, 0.717) is 26.3 Å². The molecule has 0 aromatic rings. The van der Waals surface area contributed by atoms with Crippen LogP contribution in [0, 0.1) is 0 Å². The summed E-state index contributed by atoms with van der Waals surface area (Å²) >= 11 is 0. The second-order valence-corrected chi connectivity index (χ2v) is 7.48. The molecule has 0 aromatic carbocycles. The van der Waals surface area contributed by atoms with Crippen LogP contribution < -0.4 is 10.6 Å². The second-order valence-electron chi connectivity index (χ2n) is 7.48. The molecule has 2 N–H and O–H groups in total. The van der Waals surface area contributed by atoms with Crippen LogP contribution in [0.3, 0.4) is 0 Å². The van der Waals surface area contributed by atoms with Crippen molar-refractivity contribution < 1.29 is 23.8 Å². The summed E-state index contributed by atoms with van der Waals surface area (Å²) in [6.07, 6.45) is 17.6. The van der Waals surface area contributed by atoms with Gasteiger partial charge in [-0.25, -0.2) is 9.59 Å². The van der Waals surface area contributed by atoms with E-state index >= 15 is 0 Å². The van der Waals surface area contributed by atoms with Gasteiger partial charge in [-0.1, -0.05) is 24.3 Å². The molecule has 0 saturated carbocycles. The molecule has 7 nitrogen and oxygen atoms in total. The first-order chi connectivity index (χ1) is 14.2. The molecule has 164 valence electrons. The summed E-state index contributed by atoms with van der Waals surface area (Å²) in [6.45, 7) is 1.50. The number of carbonyl (C=O) groups excluding carboxylic acids is 2. The molecule has 2 amide bonds. The van der Waals surface area contributed by atoms with Crippen molar-refractivity contribution in [1.29, 1.82) is 0 Å². The first-order valence-corrected chi connectivity index (χ1v) is 11.0. The third kappa shape index (κ3) is 11.5. The lowest BCUT2D eigenvalue weighted by molar-refractivity contribution is 0.0777. The molecule has 2 rings (SSSR count). The molecule has 7 heteroatoms. The van der Waals surface area contributed by atoms with Crippen LogP contribution in [0.4, 0.5) is 9.59 Å². The first-order valence-electron chi connectivity index (χ1n) is 11.0.